The summed E-state index contributed by atoms with van der Waals surface area (Å²) in [4.78, 5) is 2.44. The van der Waals surface area contributed by atoms with Crippen molar-refractivity contribution in [2.45, 2.75) is 51.9 Å². The molecule has 0 bridgehead atoms. The van der Waals surface area contributed by atoms with Crippen LogP contribution in [0.1, 0.15) is 48.2 Å². The molecular weight excluding hydrogens is 312 g/mol. The van der Waals surface area contributed by atoms with Gasteiger partial charge in [0.1, 0.15) is 0 Å². The van der Waals surface area contributed by atoms with Crippen LogP contribution in [0.5, 0.6) is 0 Å². The highest BCUT2D eigenvalue weighted by Gasteiger charge is 2.18. The number of hydrogen-bond acceptors (Lipinski definition) is 4. The molecule has 1 saturated heterocycles. The molecule has 1 aromatic carbocycles. The maximum atomic E-state index is 9.68. The first-order valence-electron chi connectivity index (χ1n) is 9.23. The second kappa shape index (κ2) is 8.13. The van der Waals surface area contributed by atoms with Gasteiger partial charge in [-0.05, 0) is 37.8 Å². The molecule has 2 aromatic rings. The van der Waals surface area contributed by atoms with Crippen molar-refractivity contribution < 1.29 is 5.11 Å². The summed E-state index contributed by atoms with van der Waals surface area (Å²) in [5.41, 5.74) is 5.19. The normalized spacial score (nSPS) is 17.8. The predicted octanol–water partition coefficient (Wildman–Crippen LogP) is 2.54. The Morgan fingerprint density at radius 2 is 1.92 bits per heavy atom. The van der Waals surface area contributed by atoms with E-state index in [2.05, 4.69) is 53.4 Å². The summed E-state index contributed by atoms with van der Waals surface area (Å²) >= 11 is 0. The molecule has 1 aromatic heterocycles. The van der Waals surface area contributed by atoms with Crippen LogP contribution in [0.2, 0.25) is 0 Å². The molecule has 3 rings (SSSR count). The van der Waals surface area contributed by atoms with Crippen LogP contribution in [0, 0.1) is 6.92 Å². The van der Waals surface area contributed by atoms with Gasteiger partial charge >= 0.3 is 0 Å². The van der Waals surface area contributed by atoms with E-state index in [1.807, 2.05) is 17.9 Å². The van der Waals surface area contributed by atoms with Crippen molar-refractivity contribution in [1.29, 1.82) is 0 Å². The zero-order chi connectivity index (χ0) is 17.8. The van der Waals surface area contributed by atoms with Gasteiger partial charge in [-0.3, -0.25) is 9.58 Å². The summed E-state index contributed by atoms with van der Waals surface area (Å²) in [6.07, 6.45) is 3.62. The molecule has 1 aliphatic rings. The van der Waals surface area contributed by atoms with Crippen molar-refractivity contribution >= 4 is 0 Å². The number of aryl methyl sites for hydroxylation is 1. The Balaban J connectivity index is 1.62. The van der Waals surface area contributed by atoms with Gasteiger partial charge in [-0.1, -0.05) is 24.3 Å². The SMILES string of the molecule is Cc1c(C(C)NCc2ccccc2CN2CCC(O)CC2)cnn1C. The monoisotopic (exact) mass is 342 g/mol. The molecule has 0 amide bonds. The number of nitrogens with zero attached hydrogens (tertiary/aromatic N) is 3. The molecule has 5 nitrogen and oxygen atoms in total. The third-order valence-electron chi connectivity index (χ3n) is 5.41. The molecule has 1 aliphatic heterocycles. The Morgan fingerprint density at radius 1 is 1.24 bits per heavy atom. The maximum Gasteiger partial charge on any atom is 0.0564 e. The summed E-state index contributed by atoms with van der Waals surface area (Å²) < 4.78 is 1.92. The fraction of sp³-hybridized carbons (Fsp3) is 0.550. The number of rotatable bonds is 6. The van der Waals surface area contributed by atoms with Crippen LogP contribution in [0.15, 0.2) is 30.5 Å². The van der Waals surface area contributed by atoms with Gasteiger partial charge in [0, 0.05) is 50.5 Å². The number of benzene rings is 1. The van der Waals surface area contributed by atoms with Crippen molar-refractivity contribution in [2.75, 3.05) is 13.1 Å². The molecule has 1 atom stereocenters. The van der Waals surface area contributed by atoms with Crippen LogP contribution in [-0.2, 0) is 20.1 Å². The lowest BCUT2D eigenvalue weighted by Crippen LogP contribution is -2.35. The van der Waals surface area contributed by atoms with Crippen molar-refractivity contribution in [3.05, 3.63) is 52.8 Å². The van der Waals surface area contributed by atoms with Gasteiger partial charge in [0.25, 0.3) is 0 Å². The van der Waals surface area contributed by atoms with Crippen LogP contribution >= 0.6 is 0 Å². The number of nitrogens with one attached hydrogen (secondary N) is 1. The van der Waals surface area contributed by atoms with Gasteiger partial charge in [0.15, 0.2) is 0 Å². The molecule has 136 valence electrons. The largest absolute Gasteiger partial charge is 0.393 e. The smallest absolute Gasteiger partial charge is 0.0564 e. The van der Waals surface area contributed by atoms with E-state index in [4.69, 9.17) is 0 Å². The molecule has 2 heterocycles. The van der Waals surface area contributed by atoms with E-state index >= 15 is 0 Å². The Kier molecular flexibility index (Phi) is 5.89. The number of aromatic nitrogens is 2. The Bertz CT molecular complexity index is 689. The lowest BCUT2D eigenvalue weighted by molar-refractivity contribution is 0.0791. The molecule has 0 saturated carbocycles. The molecule has 0 aliphatic carbocycles. The van der Waals surface area contributed by atoms with Crippen LogP contribution in [-0.4, -0.2) is 39.0 Å². The standard InChI is InChI=1S/C20H30N4O/c1-15(20-13-22-23(3)16(20)2)21-12-17-6-4-5-7-18(17)14-24-10-8-19(25)9-11-24/h4-7,13,15,19,21,25H,8-12,14H2,1-3H3. The van der Waals surface area contributed by atoms with Gasteiger partial charge in [-0.25, -0.2) is 0 Å². The average molecular weight is 342 g/mol. The quantitative estimate of drug-likeness (QED) is 0.847. The average Bonchev–Trinajstić information content (AvgIpc) is 2.95. The number of aliphatic hydroxyl groups excluding tert-OH is 1. The van der Waals surface area contributed by atoms with Crippen molar-refractivity contribution in [3.8, 4) is 0 Å². The first-order valence-corrected chi connectivity index (χ1v) is 9.23. The number of piperidine rings is 1. The Morgan fingerprint density at radius 3 is 2.56 bits per heavy atom. The first-order chi connectivity index (χ1) is 12.0. The molecule has 1 fully saturated rings. The minimum atomic E-state index is -0.114. The van der Waals surface area contributed by atoms with E-state index < -0.39 is 0 Å². The number of hydrogen-bond donors (Lipinski definition) is 2. The van der Waals surface area contributed by atoms with E-state index in [1.165, 1.54) is 22.4 Å². The predicted molar refractivity (Wildman–Crippen MR) is 100 cm³/mol. The van der Waals surface area contributed by atoms with Gasteiger partial charge in [-0.15, -0.1) is 0 Å². The number of likely N-dealkylation sites (tertiary alicyclic amines) is 1. The Labute approximate surface area is 150 Å². The summed E-state index contributed by atoms with van der Waals surface area (Å²) in [7, 11) is 1.98. The summed E-state index contributed by atoms with van der Waals surface area (Å²) in [6, 6.07) is 8.94. The van der Waals surface area contributed by atoms with Gasteiger partial charge in [0.05, 0.1) is 12.3 Å². The molecule has 5 heteroatoms. The lowest BCUT2D eigenvalue weighted by Gasteiger charge is -2.30. The molecule has 0 spiro atoms. The summed E-state index contributed by atoms with van der Waals surface area (Å²) in [5, 5.41) is 17.7. The highest BCUT2D eigenvalue weighted by molar-refractivity contribution is 5.28. The van der Waals surface area contributed by atoms with Crippen molar-refractivity contribution in [2.24, 2.45) is 7.05 Å². The molecule has 25 heavy (non-hydrogen) atoms. The topological polar surface area (TPSA) is 53.3 Å². The second-order valence-corrected chi connectivity index (χ2v) is 7.19. The molecule has 0 radical (unpaired) electrons. The minimum Gasteiger partial charge on any atom is -0.393 e. The van der Waals surface area contributed by atoms with E-state index in [-0.39, 0.29) is 12.1 Å². The van der Waals surface area contributed by atoms with Gasteiger partial charge in [-0.2, -0.15) is 5.10 Å². The van der Waals surface area contributed by atoms with Gasteiger partial charge in [0.2, 0.25) is 0 Å². The summed E-state index contributed by atoms with van der Waals surface area (Å²) in [6.45, 7) is 8.08. The van der Waals surface area contributed by atoms with E-state index in [0.29, 0.717) is 0 Å². The molecule has 2 N–H and O–H groups in total. The maximum absolute atomic E-state index is 9.68. The van der Waals surface area contributed by atoms with E-state index in [0.717, 1.165) is 39.0 Å². The van der Waals surface area contributed by atoms with Gasteiger partial charge < -0.3 is 10.4 Å². The number of aliphatic hydroxyl groups is 1. The first kappa shape index (κ1) is 18.1. The van der Waals surface area contributed by atoms with Crippen LogP contribution in [0.4, 0.5) is 0 Å². The fourth-order valence-corrected chi connectivity index (χ4v) is 3.52. The summed E-state index contributed by atoms with van der Waals surface area (Å²) in [5.74, 6) is 0. The third-order valence-corrected chi connectivity index (χ3v) is 5.41. The zero-order valence-corrected chi connectivity index (χ0v) is 15.6. The van der Waals surface area contributed by atoms with Crippen molar-refractivity contribution in [3.63, 3.8) is 0 Å². The molecule has 1 unspecified atom stereocenters. The molecular formula is C20H30N4O. The van der Waals surface area contributed by atoms with Crippen LogP contribution < -0.4 is 5.32 Å². The highest BCUT2D eigenvalue weighted by atomic mass is 16.3. The van der Waals surface area contributed by atoms with E-state index in [1.54, 1.807) is 0 Å². The van der Waals surface area contributed by atoms with Crippen LogP contribution in [0.25, 0.3) is 0 Å². The van der Waals surface area contributed by atoms with E-state index in [9.17, 15) is 5.11 Å². The fourth-order valence-electron chi connectivity index (χ4n) is 3.52. The second-order valence-electron chi connectivity index (χ2n) is 7.19. The van der Waals surface area contributed by atoms with Crippen molar-refractivity contribution in [1.82, 2.24) is 20.0 Å². The lowest BCUT2D eigenvalue weighted by atomic mass is 10.0. The third kappa shape index (κ3) is 4.48. The van der Waals surface area contributed by atoms with Crippen LogP contribution in [0.3, 0.4) is 0 Å². The highest BCUT2D eigenvalue weighted by Crippen LogP contribution is 2.19. The Hall–Kier alpha value is -1.69. The zero-order valence-electron chi connectivity index (χ0n) is 15.6. The minimum absolute atomic E-state index is 0.114.